The minimum Gasteiger partial charge on any atom is -0.496 e. The zero-order chi connectivity index (χ0) is 18.7. The average Bonchev–Trinajstić information content (AvgIpc) is 3.01. The lowest BCUT2D eigenvalue weighted by Crippen LogP contribution is -2.37. The fourth-order valence-corrected chi connectivity index (χ4v) is 3.25. The topological polar surface area (TPSA) is 76.5 Å². The van der Waals surface area contributed by atoms with Crippen LogP contribution in [-0.4, -0.2) is 46.7 Å². The summed E-state index contributed by atoms with van der Waals surface area (Å²) in [5.41, 5.74) is 1.02. The highest BCUT2D eigenvalue weighted by molar-refractivity contribution is 6.31. The molecule has 3 rings (SSSR count). The van der Waals surface area contributed by atoms with E-state index in [9.17, 15) is 9.59 Å². The lowest BCUT2D eigenvalue weighted by atomic mass is 10.1. The highest BCUT2D eigenvalue weighted by Crippen LogP contribution is 2.25. The summed E-state index contributed by atoms with van der Waals surface area (Å²) in [6.07, 6.45) is 4.59. The van der Waals surface area contributed by atoms with Gasteiger partial charge in [-0.15, -0.1) is 0 Å². The Bertz CT molecular complexity index is 828. The van der Waals surface area contributed by atoms with E-state index in [0.29, 0.717) is 27.7 Å². The average molecular weight is 377 g/mol. The number of rotatable bonds is 4. The second-order valence-corrected chi connectivity index (χ2v) is 6.62. The Kier molecular flexibility index (Phi) is 5.46. The second kappa shape index (κ2) is 7.78. The van der Waals surface area contributed by atoms with Crippen LogP contribution in [0.4, 0.5) is 5.69 Å². The van der Waals surface area contributed by atoms with E-state index in [-0.39, 0.29) is 5.91 Å². The maximum atomic E-state index is 12.9. The van der Waals surface area contributed by atoms with Gasteiger partial charge in [0, 0.05) is 25.2 Å². The van der Waals surface area contributed by atoms with Gasteiger partial charge in [-0.2, -0.15) is 5.10 Å². The number of aromatic nitrogens is 2. The lowest BCUT2D eigenvalue weighted by Gasteiger charge is -2.27. The first-order valence-electron chi connectivity index (χ1n) is 8.47. The number of nitrogens with one attached hydrogen (secondary N) is 1. The zero-order valence-electron chi connectivity index (χ0n) is 14.8. The number of hydrogen-bond donors (Lipinski definition) is 1. The van der Waals surface area contributed by atoms with Gasteiger partial charge < -0.3 is 15.0 Å². The number of amides is 2. The number of nitrogens with zero attached hydrogens (tertiary/aromatic N) is 3. The maximum absolute atomic E-state index is 12.9. The molecule has 1 aromatic heterocycles. The molecule has 0 radical (unpaired) electrons. The molecule has 0 saturated carbocycles. The summed E-state index contributed by atoms with van der Waals surface area (Å²) in [5.74, 6) is -0.136. The molecule has 1 aliphatic rings. The van der Waals surface area contributed by atoms with Crippen molar-refractivity contribution in [2.45, 2.75) is 19.3 Å². The summed E-state index contributed by atoms with van der Waals surface area (Å²) in [7, 11) is 3.17. The first-order valence-corrected chi connectivity index (χ1v) is 8.85. The zero-order valence-corrected chi connectivity index (χ0v) is 15.5. The Hall–Kier alpha value is -2.54. The highest BCUT2D eigenvalue weighted by atomic mass is 35.5. The van der Waals surface area contributed by atoms with E-state index in [1.54, 1.807) is 24.1 Å². The van der Waals surface area contributed by atoms with Crippen LogP contribution in [0.5, 0.6) is 5.75 Å². The Labute approximate surface area is 156 Å². The molecule has 1 aromatic carbocycles. The molecular formula is C18H21ClN4O3. The van der Waals surface area contributed by atoms with Crippen molar-refractivity contribution < 1.29 is 14.3 Å². The molecule has 7 nitrogen and oxygen atoms in total. The minimum absolute atomic E-state index is 0.127. The predicted octanol–water partition coefficient (Wildman–Crippen LogP) is 2.96. The summed E-state index contributed by atoms with van der Waals surface area (Å²) >= 11 is 6.00. The van der Waals surface area contributed by atoms with Crippen molar-refractivity contribution in [2.75, 3.05) is 25.5 Å². The molecule has 2 amide bonds. The Morgan fingerprint density at radius 3 is 2.65 bits per heavy atom. The Balaban J connectivity index is 1.86. The molecule has 1 N–H and O–H groups in total. The van der Waals surface area contributed by atoms with E-state index in [0.717, 1.165) is 32.4 Å². The first-order chi connectivity index (χ1) is 12.5. The van der Waals surface area contributed by atoms with E-state index >= 15 is 0 Å². The van der Waals surface area contributed by atoms with Crippen LogP contribution in [0.2, 0.25) is 5.02 Å². The van der Waals surface area contributed by atoms with Crippen LogP contribution < -0.4 is 10.1 Å². The van der Waals surface area contributed by atoms with Gasteiger partial charge in [0.05, 0.1) is 24.6 Å². The third-order valence-corrected chi connectivity index (χ3v) is 4.67. The van der Waals surface area contributed by atoms with Gasteiger partial charge in [0.2, 0.25) is 0 Å². The van der Waals surface area contributed by atoms with Gasteiger partial charge in [-0.25, -0.2) is 0 Å². The molecule has 1 aliphatic heterocycles. The number of piperidine rings is 1. The number of halogens is 1. The van der Waals surface area contributed by atoms with Crippen molar-refractivity contribution in [1.82, 2.24) is 14.7 Å². The van der Waals surface area contributed by atoms with E-state index < -0.39 is 5.91 Å². The number of hydrogen-bond acceptors (Lipinski definition) is 4. The second-order valence-electron chi connectivity index (χ2n) is 6.18. The molecule has 0 bridgehead atoms. The smallest absolute Gasteiger partial charge is 0.274 e. The quantitative estimate of drug-likeness (QED) is 0.890. The van der Waals surface area contributed by atoms with Crippen LogP contribution >= 0.6 is 11.6 Å². The largest absolute Gasteiger partial charge is 0.496 e. The molecular weight excluding hydrogens is 356 g/mol. The number of likely N-dealkylation sites (tertiary alicyclic amines) is 1. The summed E-state index contributed by atoms with van der Waals surface area (Å²) in [4.78, 5) is 27.4. The summed E-state index contributed by atoms with van der Waals surface area (Å²) in [5, 5.41) is 7.32. The molecule has 26 heavy (non-hydrogen) atoms. The van der Waals surface area contributed by atoms with E-state index in [1.165, 1.54) is 24.1 Å². The third kappa shape index (κ3) is 3.67. The number of anilines is 1. The van der Waals surface area contributed by atoms with Gasteiger partial charge in [-0.1, -0.05) is 11.6 Å². The number of ether oxygens (including phenoxy) is 1. The van der Waals surface area contributed by atoms with Crippen molar-refractivity contribution >= 4 is 29.1 Å². The van der Waals surface area contributed by atoms with Crippen LogP contribution in [0.25, 0.3) is 0 Å². The third-order valence-electron chi connectivity index (χ3n) is 4.44. The summed E-state index contributed by atoms with van der Waals surface area (Å²) in [6.45, 7) is 1.44. The fourth-order valence-electron chi connectivity index (χ4n) is 3.08. The van der Waals surface area contributed by atoms with Gasteiger partial charge in [0.25, 0.3) is 11.8 Å². The van der Waals surface area contributed by atoms with Crippen molar-refractivity contribution in [3.63, 3.8) is 0 Å². The van der Waals surface area contributed by atoms with Crippen molar-refractivity contribution in [1.29, 1.82) is 0 Å². The van der Waals surface area contributed by atoms with Gasteiger partial charge >= 0.3 is 0 Å². The van der Waals surface area contributed by atoms with Crippen molar-refractivity contribution in [3.05, 3.63) is 40.7 Å². The molecule has 138 valence electrons. The number of carbonyl (C=O) groups is 2. The number of benzene rings is 1. The van der Waals surface area contributed by atoms with Crippen molar-refractivity contribution in [2.24, 2.45) is 7.05 Å². The van der Waals surface area contributed by atoms with Gasteiger partial charge in [-0.05, 0) is 37.5 Å². The summed E-state index contributed by atoms with van der Waals surface area (Å²) < 4.78 is 6.71. The van der Waals surface area contributed by atoms with Crippen molar-refractivity contribution in [3.8, 4) is 5.75 Å². The molecule has 8 heteroatoms. The van der Waals surface area contributed by atoms with E-state index in [1.807, 2.05) is 0 Å². The predicted molar refractivity (Wildman–Crippen MR) is 98.9 cm³/mol. The molecule has 2 heterocycles. The van der Waals surface area contributed by atoms with Crippen LogP contribution in [-0.2, 0) is 7.05 Å². The normalized spacial score (nSPS) is 14.2. The SMILES string of the molecule is COc1ccc(Cl)cc1C(=O)Nc1cnn(C)c1C(=O)N1CCCCC1. The molecule has 1 fully saturated rings. The minimum atomic E-state index is -0.412. The number of methoxy groups -OCH3 is 1. The van der Waals surface area contributed by atoms with E-state index in [2.05, 4.69) is 10.4 Å². The molecule has 2 aromatic rings. The Morgan fingerprint density at radius 2 is 1.96 bits per heavy atom. The van der Waals surface area contributed by atoms with Gasteiger partial charge in [-0.3, -0.25) is 14.3 Å². The standard InChI is InChI=1S/C18H21ClN4O3/c1-22-16(18(25)23-8-4-3-5-9-23)14(11-20-22)21-17(24)13-10-12(19)6-7-15(13)26-2/h6-7,10-11H,3-5,8-9H2,1-2H3,(H,21,24). The molecule has 0 unspecified atom stereocenters. The van der Waals surface area contributed by atoms with Crippen LogP contribution in [0.15, 0.2) is 24.4 Å². The van der Waals surface area contributed by atoms with Gasteiger partial charge in [0.15, 0.2) is 0 Å². The summed E-state index contributed by atoms with van der Waals surface area (Å²) in [6, 6.07) is 4.80. The van der Waals surface area contributed by atoms with Crippen LogP contribution in [0.3, 0.4) is 0 Å². The maximum Gasteiger partial charge on any atom is 0.274 e. The van der Waals surface area contributed by atoms with Gasteiger partial charge in [0.1, 0.15) is 11.4 Å². The first kappa shape index (κ1) is 18.3. The molecule has 1 saturated heterocycles. The number of aryl methyl sites for hydroxylation is 1. The van der Waals surface area contributed by atoms with Crippen LogP contribution in [0, 0.1) is 0 Å². The molecule has 0 aliphatic carbocycles. The molecule has 0 spiro atoms. The fraction of sp³-hybridized carbons (Fsp3) is 0.389. The Morgan fingerprint density at radius 1 is 1.23 bits per heavy atom. The van der Waals surface area contributed by atoms with Crippen LogP contribution in [0.1, 0.15) is 40.1 Å². The highest BCUT2D eigenvalue weighted by Gasteiger charge is 2.25. The monoisotopic (exact) mass is 376 g/mol. The lowest BCUT2D eigenvalue weighted by molar-refractivity contribution is 0.0714. The molecule has 0 atom stereocenters. The number of carbonyl (C=O) groups excluding carboxylic acids is 2. The van der Waals surface area contributed by atoms with E-state index in [4.69, 9.17) is 16.3 Å².